The Bertz CT molecular complexity index is 308. The molecule has 0 spiro atoms. The summed E-state index contributed by atoms with van der Waals surface area (Å²) in [6, 6.07) is 0. The molecule has 2 aliphatic heterocycles. The molecule has 2 aliphatic rings. The summed E-state index contributed by atoms with van der Waals surface area (Å²) in [5, 5.41) is 3.59. The van der Waals surface area contributed by atoms with Crippen LogP contribution in [0.5, 0.6) is 0 Å². The van der Waals surface area contributed by atoms with Crippen molar-refractivity contribution in [3.63, 3.8) is 0 Å². The molecule has 5 heteroatoms. The quantitative estimate of drug-likeness (QED) is 0.745. The Balaban J connectivity index is 2.12. The fraction of sp³-hybridized carbons (Fsp3) is 0.818. The van der Waals surface area contributed by atoms with E-state index in [9.17, 15) is 9.59 Å². The first-order valence-corrected chi connectivity index (χ1v) is 6.87. The second-order valence-electron chi connectivity index (χ2n) is 4.35. The number of carbonyl (C=O) groups is 2. The molecule has 0 radical (unpaired) electrons. The lowest BCUT2D eigenvalue weighted by Crippen LogP contribution is -2.54. The zero-order valence-electron chi connectivity index (χ0n) is 9.73. The summed E-state index contributed by atoms with van der Waals surface area (Å²) in [7, 11) is 0. The number of ketones is 1. The van der Waals surface area contributed by atoms with Gasteiger partial charge in [-0.3, -0.25) is 14.9 Å². The molecule has 2 heterocycles. The van der Waals surface area contributed by atoms with Gasteiger partial charge in [0.1, 0.15) is 5.78 Å². The summed E-state index contributed by atoms with van der Waals surface area (Å²) >= 11 is 1.82. The fourth-order valence-corrected chi connectivity index (χ4v) is 3.86. The van der Waals surface area contributed by atoms with Gasteiger partial charge in [0, 0.05) is 5.75 Å². The van der Waals surface area contributed by atoms with Crippen molar-refractivity contribution in [2.24, 2.45) is 5.92 Å². The van der Waals surface area contributed by atoms with Crippen molar-refractivity contribution < 1.29 is 9.59 Å². The van der Waals surface area contributed by atoms with Crippen LogP contribution in [0.4, 0.5) is 0 Å². The number of amides is 1. The third-order valence-corrected chi connectivity index (χ3v) is 4.63. The molecule has 0 saturated carbocycles. The predicted molar refractivity (Wildman–Crippen MR) is 64.0 cm³/mol. The largest absolute Gasteiger partial charge is 0.314 e. The van der Waals surface area contributed by atoms with Gasteiger partial charge in [0.25, 0.3) is 0 Å². The average Bonchev–Trinajstić information content (AvgIpc) is 2.63. The van der Waals surface area contributed by atoms with Gasteiger partial charge in [-0.25, -0.2) is 0 Å². The maximum atomic E-state index is 12.2. The zero-order chi connectivity index (χ0) is 11.7. The van der Waals surface area contributed by atoms with Crippen molar-refractivity contribution in [3.8, 4) is 0 Å². The Labute approximate surface area is 100 Å². The van der Waals surface area contributed by atoms with E-state index in [0.717, 1.165) is 25.1 Å². The van der Waals surface area contributed by atoms with Crippen LogP contribution in [-0.4, -0.2) is 40.4 Å². The van der Waals surface area contributed by atoms with Crippen LogP contribution in [0.15, 0.2) is 0 Å². The monoisotopic (exact) mass is 242 g/mol. The lowest BCUT2D eigenvalue weighted by atomic mass is 9.93. The van der Waals surface area contributed by atoms with E-state index >= 15 is 0 Å². The highest BCUT2D eigenvalue weighted by Crippen LogP contribution is 2.37. The number of nitrogens with zero attached hydrogens (tertiary/aromatic N) is 1. The van der Waals surface area contributed by atoms with Crippen molar-refractivity contribution in [1.82, 2.24) is 10.2 Å². The van der Waals surface area contributed by atoms with Crippen LogP contribution in [0.2, 0.25) is 0 Å². The van der Waals surface area contributed by atoms with E-state index in [2.05, 4.69) is 5.32 Å². The second kappa shape index (κ2) is 4.75. The van der Waals surface area contributed by atoms with E-state index in [1.54, 1.807) is 0 Å². The summed E-state index contributed by atoms with van der Waals surface area (Å²) < 4.78 is 0. The van der Waals surface area contributed by atoms with Gasteiger partial charge in [-0.1, -0.05) is 6.92 Å². The SMILES string of the molecule is CCNC1CSC2CCC(C(C)=O)C(=O)N12. The molecular formula is C11H18N2O2S. The van der Waals surface area contributed by atoms with Gasteiger partial charge in [-0.05, 0) is 26.3 Å². The molecular weight excluding hydrogens is 224 g/mol. The Kier molecular flexibility index (Phi) is 3.54. The first-order chi connectivity index (χ1) is 7.65. The minimum absolute atomic E-state index is 0.00981. The van der Waals surface area contributed by atoms with E-state index in [-0.39, 0.29) is 23.2 Å². The van der Waals surface area contributed by atoms with Gasteiger partial charge in [0.15, 0.2) is 0 Å². The van der Waals surface area contributed by atoms with Crippen molar-refractivity contribution in [1.29, 1.82) is 0 Å². The highest BCUT2D eigenvalue weighted by molar-refractivity contribution is 8.00. The second-order valence-corrected chi connectivity index (χ2v) is 5.56. The lowest BCUT2D eigenvalue weighted by Gasteiger charge is -2.36. The molecule has 0 bridgehead atoms. The van der Waals surface area contributed by atoms with E-state index in [0.29, 0.717) is 0 Å². The third kappa shape index (κ3) is 1.98. The minimum Gasteiger partial charge on any atom is -0.314 e. The standard InChI is InChI=1S/C11H18N2O2S/c1-3-12-9-6-16-10-5-4-8(7(2)14)11(15)13(9)10/h8-10,12H,3-6H2,1-2H3. The average molecular weight is 242 g/mol. The van der Waals surface area contributed by atoms with E-state index in [1.165, 1.54) is 6.92 Å². The Morgan fingerprint density at radius 2 is 2.31 bits per heavy atom. The van der Waals surface area contributed by atoms with Crippen LogP contribution < -0.4 is 5.32 Å². The Morgan fingerprint density at radius 3 is 2.94 bits per heavy atom. The summed E-state index contributed by atoms with van der Waals surface area (Å²) in [5.74, 6) is 0.584. The van der Waals surface area contributed by atoms with Gasteiger partial charge >= 0.3 is 0 Å². The number of nitrogens with one attached hydrogen (secondary N) is 1. The molecule has 1 amide bonds. The van der Waals surface area contributed by atoms with E-state index in [1.807, 2.05) is 23.6 Å². The maximum Gasteiger partial charge on any atom is 0.235 e. The molecule has 3 unspecified atom stereocenters. The normalized spacial score (nSPS) is 34.0. The van der Waals surface area contributed by atoms with Crippen LogP contribution in [-0.2, 0) is 9.59 Å². The van der Waals surface area contributed by atoms with Crippen LogP contribution in [0.1, 0.15) is 26.7 Å². The van der Waals surface area contributed by atoms with Gasteiger partial charge < -0.3 is 4.90 Å². The first kappa shape index (κ1) is 11.9. The lowest BCUT2D eigenvalue weighted by molar-refractivity contribution is -0.146. The van der Waals surface area contributed by atoms with Crippen LogP contribution in [0, 0.1) is 5.92 Å². The number of fused-ring (bicyclic) bond motifs is 1. The van der Waals surface area contributed by atoms with Crippen molar-refractivity contribution in [2.45, 2.75) is 38.2 Å². The van der Waals surface area contributed by atoms with Crippen LogP contribution in [0.3, 0.4) is 0 Å². The predicted octanol–water partition coefficient (Wildman–Crippen LogP) is 0.823. The zero-order valence-corrected chi connectivity index (χ0v) is 10.5. The van der Waals surface area contributed by atoms with Crippen molar-refractivity contribution in [2.75, 3.05) is 12.3 Å². The number of carbonyl (C=O) groups excluding carboxylic acids is 2. The molecule has 90 valence electrons. The van der Waals surface area contributed by atoms with Crippen molar-refractivity contribution in [3.05, 3.63) is 0 Å². The van der Waals surface area contributed by atoms with Gasteiger partial charge in [-0.2, -0.15) is 0 Å². The number of thioether (sulfide) groups is 1. The number of hydrogen-bond donors (Lipinski definition) is 1. The van der Waals surface area contributed by atoms with Crippen LogP contribution in [0.25, 0.3) is 0 Å². The van der Waals surface area contributed by atoms with E-state index < -0.39 is 5.92 Å². The molecule has 16 heavy (non-hydrogen) atoms. The van der Waals surface area contributed by atoms with Crippen molar-refractivity contribution >= 4 is 23.5 Å². The third-order valence-electron chi connectivity index (χ3n) is 3.28. The number of rotatable bonds is 3. The summed E-state index contributed by atoms with van der Waals surface area (Å²) in [6.07, 6.45) is 1.79. The molecule has 2 fully saturated rings. The summed E-state index contributed by atoms with van der Waals surface area (Å²) in [4.78, 5) is 25.5. The van der Waals surface area contributed by atoms with Gasteiger partial charge in [0.2, 0.25) is 5.91 Å². The van der Waals surface area contributed by atoms with Crippen LogP contribution >= 0.6 is 11.8 Å². The fourth-order valence-electron chi connectivity index (χ4n) is 2.46. The molecule has 0 aromatic rings. The smallest absolute Gasteiger partial charge is 0.235 e. The number of Topliss-reactive ketones (excluding diaryl/α,β-unsaturated/α-hetero) is 1. The van der Waals surface area contributed by atoms with Gasteiger partial charge in [0.05, 0.1) is 17.5 Å². The Hall–Kier alpha value is -0.550. The first-order valence-electron chi connectivity index (χ1n) is 5.82. The summed E-state index contributed by atoms with van der Waals surface area (Å²) in [5.41, 5.74) is 0. The molecule has 0 aromatic heterocycles. The molecule has 0 aromatic carbocycles. The number of piperidine rings is 1. The molecule has 3 atom stereocenters. The molecule has 2 rings (SSSR count). The Morgan fingerprint density at radius 1 is 1.56 bits per heavy atom. The molecule has 1 N–H and O–H groups in total. The minimum atomic E-state index is -0.392. The molecule has 2 saturated heterocycles. The highest BCUT2D eigenvalue weighted by Gasteiger charge is 2.44. The maximum absolute atomic E-state index is 12.2. The molecule has 0 aliphatic carbocycles. The molecule has 4 nitrogen and oxygen atoms in total. The highest BCUT2D eigenvalue weighted by atomic mass is 32.2. The van der Waals surface area contributed by atoms with E-state index in [4.69, 9.17) is 0 Å². The topological polar surface area (TPSA) is 49.4 Å². The van der Waals surface area contributed by atoms with Gasteiger partial charge in [-0.15, -0.1) is 11.8 Å². The number of hydrogen-bond acceptors (Lipinski definition) is 4. The summed E-state index contributed by atoms with van der Waals surface area (Å²) in [6.45, 7) is 4.41.